The Balaban J connectivity index is 1.71. The minimum absolute atomic E-state index is 0.448. The molecule has 1 amide bonds. The fourth-order valence-electron chi connectivity index (χ4n) is 2.61. The van der Waals surface area contributed by atoms with E-state index in [1.807, 2.05) is 50.6 Å². The molecule has 1 fully saturated rings. The molecule has 1 aromatic carbocycles. The third-order valence-corrected chi connectivity index (χ3v) is 4.36. The Morgan fingerprint density at radius 2 is 2.07 bits per heavy atom. The van der Waals surface area contributed by atoms with E-state index in [-0.39, 0.29) is 0 Å². The number of aryl methyl sites for hydroxylation is 1. The van der Waals surface area contributed by atoms with Crippen LogP contribution in [0.25, 0.3) is 0 Å². The van der Waals surface area contributed by atoms with E-state index in [0.29, 0.717) is 23.3 Å². The van der Waals surface area contributed by atoms with Crippen molar-refractivity contribution in [2.24, 2.45) is 5.92 Å². The van der Waals surface area contributed by atoms with Crippen molar-refractivity contribution in [2.75, 3.05) is 11.9 Å². The molecule has 1 aliphatic rings. The van der Waals surface area contributed by atoms with Crippen LogP contribution >= 0.6 is 11.6 Å². The van der Waals surface area contributed by atoms with E-state index < -0.39 is 11.7 Å². The van der Waals surface area contributed by atoms with Gasteiger partial charge in [-0.3, -0.25) is 10.00 Å². The summed E-state index contributed by atoms with van der Waals surface area (Å²) in [4.78, 5) is 11.9. The van der Waals surface area contributed by atoms with Gasteiger partial charge in [0.15, 0.2) is 5.82 Å². The molecule has 0 saturated heterocycles. The van der Waals surface area contributed by atoms with Crippen molar-refractivity contribution in [1.82, 2.24) is 9.78 Å². The average molecular weight is 392 g/mol. The summed E-state index contributed by atoms with van der Waals surface area (Å²) in [7, 11) is 0. The standard InChI is InChI=1S/C20H26ClN3O3/c1-13-9-18(22-19(25)27-20(2,3)4)23-24(13)11-15-10-16(21)7-8-17(15)26-12-14-5-6-14/h7-10,14H,5-6,11-12H2,1-4H3,(H,22,23,25). The van der Waals surface area contributed by atoms with Crippen molar-refractivity contribution in [3.8, 4) is 5.75 Å². The van der Waals surface area contributed by atoms with E-state index in [9.17, 15) is 4.79 Å². The molecule has 27 heavy (non-hydrogen) atoms. The Hall–Kier alpha value is -2.21. The van der Waals surface area contributed by atoms with E-state index in [0.717, 1.165) is 23.6 Å². The van der Waals surface area contributed by atoms with Gasteiger partial charge in [-0.25, -0.2) is 4.79 Å². The summed E-state index contributed by atoms with van der Waals surface area (Å²) < 4.78 is 13.0. The molecule has 2 aromatic rings. The lowest BCUT2D eigenvalue weighted by molar-refractivity contribution is 0.0635. The molecule has 3 rings (SSSR count). The molecule has 1 saturated carbocycles. The second-order valence-electron chi connectivity index (χ2n) is 7.96. The predicted molar refractivity (Wildman–Crippen MR) is 106 cm³/mol. The summed E-state index contributed by atoms with van der Waals surface area (Å²) >= 11 is 6.17. The summed E-state index contributed by atoms with van der Waals surface area (Å²) in [6.07, 6.45) is 1.95. The first kappa shape index (κ1) is 19.5. The number of carbonyl (C=O) groups excluding carboxylic acids is 1. The van der Waals surface area contributed by atoms with Crippen LogP contribution in [0.5, 0.6) is 5.75 Å². The molecular weight excluding hydrogens is 366 g/mol. The van der Waals surface area contributed by atoms with Crippen LogP contribution in [0, 0.1) is 12.8 Å². The van der Waals surface area contributed by atoms with Crippen molar-refractivity contribution in [3.63, 3.8) is 0 Å². The molecule has 7 heteroatoms. The number of rotatable bonds is 6. The summed E-state index contributed by atoms with van der Waals surface area (Å²) in [5, 5.41) is 7.78. The lowest BCUT2D eigenvalue weighted by Crippen LogP contribution is -2.27. The minimum Gasteiger partial charge on any atom is -0.493 e. The number of benzene rings is 1. The smallest absolute Gasteiger partial charge is 0.413 e. The highest BCUT2D eigenvalue weighted by Crippen LogP contribution is 2.31. The molecule has 1 N–H and O–H groups in total. The van der Waals surface area contributed by atoms with Crippen molar-refractivity contribution in [1.29, 1.82) is 0 Å². The Labute approximate surface area is 164 Å². The van der Waals surface area contributed by atoms with Crippen LogP contribution in [0.3, 0.4) is 0 Å². The number of amides is 1. The van der Waals surface area contributed by atoms with Gasteiger partial charge >= 0.3 is 6.09 Å². The van der Waals surface area contributed by atoms with Gasteiger partial charge in [0.05, 0.1) is 13.2 Å². The van der Waals surface area contributed by atoms with Gasteiger partial charge in [0, 0.05) is 22.3 Å². The van der Waals surface area contributed by atoms with E-state index in [2.05, 4.69) is 10.4 Å². The molecule has 0 bridgehead atoms. The monoisotopic (exact) mass is 391 g/mol. The summed E-state index contributed by atoms with van der Waals surface area (Å²) in [6.45, 7) is 8.62. The molecule has 0 spiro atoms. The van der Waals surface area contributed by atoms with Crippen molar-refractivity contribution < 1.29 is 14.3 Å². The number of anilines is 1. The Bertz CT molecular complexity index is 822. The van der Waals surface area contributed by atoms with Gasteiger partial charge in [0.1, 0.15) is 11.4 Å². The van der Waals surface area contributed by atoms with E-state index in [4.69, 9.17) is 21.1 Å². The second kappa shape index (κ2) is 7.80. The van der Waals surface area contributed by atoms with Crippen LogP contribution in [0.15, 0.2) is 24.3 Å². The topological polar surface area (TPSA) is 65.4 Å². The number of ether oxygens (including phenoxy) is 2. The van der Waals surface area contributed by atoms with Gasteiger partial charge in [0.25, 0.3) is 0 Å². The number of hydrogen-bond donors (Lipinski definition) is 1. The second-order valence-corrected chi connectivity index (χ2v) is 8.40. The van der Waals surface area contributed by atoms with Crippen molar-refractivity contribution in [2.45, 2.75) is 52.7 Å². The van der Waals surface area contributed by atoms with Crippen LogP contribution in [0.4, 0.5) is 10.6 Å². The molecule has 1 heterocycles. The zero-order valence-corrected chi connectivity index (χ0v) is 17.0. The first-order valence-corrected chi connectivity index (χ1v) is 9.53. The van der Waals surface area contributed by atoms with Crippen LogP contribution in [0.1, 0.15) is 44.9 Å². The third kappa shape index (κ3) is 5.89. The maximum absolute atomic E-state index is 11.9. The zero-order valence-electron chi connectivity index (χ0n) is 16.2. The van der Waals surface area contributed by atoms with Crippen LogP contribution in [-0.2, 0) is 11.3 Å². The molecular formula is C20H26ClN3O3. The molecule has 0 radical (unpaired) electrons. The maximum atomic E-state index is 11.9. The van der Waals surface area contributed by atoms with Gasteiger partial charge in [0.2, 0.25) is 0 Å². The summed E-state index contributed by atoms with van der Waals surface area (Å²) in [5.41, 5.74) is 1.31. The van der Waals surface area contributed by atoms with E-state index >= 15 is 0 Å². The fourth-order valence-corrected chi connectivity index (χ4v) is 2.80. The Morgan fingerprint density at radius 1 is 1.33 bits per heavy atom. The van der Waals surface area contributed by atoms with Gasteiger partial charge in [-0.1, -0.05) is 11.6 Å². The van der Waals surface area contributed by atoms with Gasteiger partial charge in [-0.05, 0) is 64.7 Å². The molecule has 1 aromatic heterocycles. The van der Waals surface area contributed by atoms with Crippen LogP contribution in [0.2, 0.25) is 5.02 Å². The highest BCUT2D eigenvalue weighted by atomic mass is 35.5. The average Bonchev–Trinajstić information content (AvgIpc) is 3.30. The van der Waals surface area contributed by atoms with Gasteiger partial charge < -0.3 is 9.47 Å². The third-order valence-electron chi connectivity index (χ3n) is 4.12. The number of halogens is 1. The quantitative estimate of drug-likeness (QED) is 0.750. The number of aromatic nitrogens is 2. The molecule has 0 unspecified atom stereocenters. The van der Waals surface area contributed by atoms with E-state index in [1.54, 1.807) is 6.07 Å². The largest absolute Gasteiger partial charge is 0.493 e. The first-order valence-electron chi connectivity index (χ1n) is 9.15. The minimum atomic E-state index is -0.559. The maximum Gasteiger partial charge on any atom is 0.413 e. The predicted octanol–water partition coefficient (Wildman–Crippen LogP) is 5.03. The number of hydrogen-bond acceptors (Lipinski definition) is 4. The lowest BCUT2D eigenvalue weighted by Gasteiger charge is -2.19. The SMILES string of the molecule is Cc1cc(NC(=O)OC(C)(C)C)nn1Cc1cc(Cl)ccc1OCC1CC1. The first-order chi connectivity index (χ1) is 12.7. The summed E-state index contributed by atoms with van der Waals surface area (Å²) in [6, 6.07) is 7.43. The van der Waals surface area contributed by atoms with E-state index in [1.165, 1.54) is 12.8 Å². The highest BCUT2D eigenvalue weighted by molar-refractivity contribution is 6.30. The lowest BCUT2D eigenvalue weighted by atomic mass is 10.2. The fraction of sp³-hybridized carbons (Fsp3) is 0.500. The normalized spacial score (nSPS) is 14.1. The molecule has 0 atom stereocenters. The molecule has 6 nitrogen and oxygen atoms in total. The zero-order chi connectivity index (χ0) is 19.6. The van der Waals surface area contributed by atoms with Crippen LogP contribution < -0.4 is 10.1 Å². The Morgan fingerprint density at radius 3 is 2.74 bits per heavy atom. The molecule has 146 valence electrons. The number of nitrogens with one attached hydrogen (secondary N) is 1. The number of carbonyl (C=O) groups is 1. The van der Waals surface area contributed by atoms with Crippen molar-refractivity contribution >= 4 is 23.5 Å². The number of nitrogens with zero attached hydrogens (tertiary/aromatic N) is 2. The van der Waals surface area contributed by atoms with Gasteiger partial charge in [-0.15, -0.1) is 0 Å². The van der Waals surface area contributed by atoms with Gasteiger partial charge in [-0.2, -0.15) is 5.10 Å². The van der Waals surface area contributed by atoms with Crippen LogP contribution in [-0.4, -0.2) is 28.1 Å². The summed E-state index contributed by atoms with van der Waals surface area (Å²) in [5.74, 6) is 1.94. The molecule has 1 aliphatic carbocycles. The van der Waals surface area contributed by atoms with Crippen molar-refractivity contribution in [3.05, 3.63) is 40.5 Å². The molecule has 0 aliphatic heterocycles. The Kier molecular flexibility index (Phi) is 5.65. The highest BCUT2D eigenvalue weighted by Gasteiger charge is 2.22.